The zero-order chi connectivity index (χ0) is 18.4. The monoisotopic (exact) mass is 347 g/mol. The second-order valence-corrected chi connectivity index (χ2v) is 5.69. The van der Waals surface area contributed by atoms with Gasteiger partial charge in [0.2, 0.25) is 5.91 Å². The van der Waals surface area contributed by atoms with Crippen molar-refractivity contribution >= 4 is 11.9 Å². The van der Waals surface area contributed by atoms with Gasteiger partial charge in [-0.2, -0.15) is 0 Å². The molecule has 0 spiro atoms. The maximum Gasteiger partial charge on any atom is 0.328 e. The average Bonchev–Trinajstić information content (AvgIpc) is 2.58. The molecular weight excluding hydrogens is 328 g/mol. The molecule has 0 aliphatic rings. The standard InChI is InChI=1S/C19H19F2NO3/c1-12-5-3-4-6-13(12)9-17(19(24)25-2)22-18(23)10-14-7-8-15(20)11-16(14)21/h3-8,11,17H,9-10H2,1-2H3,(H,22,23)/t17-/m0/s1. The summed E-state index contributed by atoms with van der Waals surface area (Å²) in [6.45, 7) is 1.90. The van der Waals surface area contributed by atoms with Gasteiger partial charge in [-0.05, 0) is 29.7 Å². The molecule has 0 aliphatic heterocycles. The van der Waals surface area contributed by atoms with Gasteiger partial charge in [0.1, 0.15) is 17.7 Å². The molecule has 4 nitrogen and oxygen atoms in total. The Morgan fingerprint density at radius 2 is 1.84 bits per heavy atom. The lowest BCUT2D eigenvalue weighted by molar-refractivity contribution is -0.145. The minimum absolute atomic E-state index is 0.0541. The van der Waals surface area contributed by atoms with E-state index in [-0.39, 0.29) is 18.4 Å². The molecule has 1 atom stereocenters. The molecular formula is C19H19F2NO3. The van der Waals surface area contributed by atoms with Crippen LogP contribution in [0, 0.1) is 18.6 Å². The number of hydrogen-bond donors (Lipinski definition) is 1. The van der Waals surface area contributed by atoms with Crippen LogP contribution in [-0.4, -0.2) is 25.0 Å². The summed E-state index contributed by atoms with van der Waals surface area (Å²) >= 11 is 0. The van der Waals surface area contributed by atoms with Gasteiger partial charge in [-0.1, -0.05) is 30.3 Å². The number of amides is 1. The second-order valence-electron chi connectivity index (χ2n) is 5.69. The van der Waals surface area contributed by atoms with Crippen LogP contribution in [0.1, 0.15) is 16.7 Å². The van der Waals surface area contributed by atoms with E-state index in [1.54, 1.807) is 0 Å². The molecule has 0 saturated heterocycles. The smallest absolute Gasteiger partial charge is 0.328 e. The third-order valence-corrected chi connectivity index (χ3v) is 3.87. The van der Waals surface area contributed by atoms with E-state index in [1.807, 2.05) is 31.2 Å². The Balaban J connectivity index is 2.09. The quantitative estimate of drug-likeness (QED) is 0.818. The van der Waals surface area contributed by atoms with Crippen LogP contribution in [0.25, 0.3) is 0 Å². The molecule has 6 heteroatoms. The summed E-state index contributed by atoms with van der Waals surface area (Å²) in [7, 11) is 1.24. The van der Waals surface area contributed by atoms with E-state index in [1.165, 1.54) is 13.2 Å². The van der Waals surface area contributed by atoms with Gasteiger partial charge >= 0.3 is 5.97 Å². The molecule has 0 aromatic heterocycles. The molecule has 2 aromatic rings. The zero-order valence-corrected chi connectivity index (χ0v) is 14.0. The van der Waals surface area contributed by atoms with Crippen molar-refractivity contribution in [3.63, 3.8) is 0 Å². The Kier molecular flexibility index (Phi) is 6.22. The number of esters is 1. The number of hydrogen-bond acceptors (Lipinski definition) is 3. The lowest BCUT2D eigenvalue weighted by Gasteiger charge is -2.18. The number of benzene rings is 2. The molecule has 0 bridgehead atoms. The summed E-state index contributed by atoms with van der Waals surface area (Å²) in [4.78, 5) is 24.1. The van der Waals surface area contributed by atoms with Crippen molar-refractivity contribution in [3.05, 3.63) is 70.8 Å². The van der Waals surface area contributed by atoms with Crippen LogP contribution in [0.5, 0.6) is 0 Å². The number of ether oxygens (including phenoxy) is 1. The van der Waals surface area contributed by atoms with E-state index >= 15 is 0 Å². The number of carbonyl (C=O) groups excluding carboxylic acids is 2. The van der Waals surface area contributed by atoms with E-state index in [9.17, 15) is 18.4 Å². The Hall–Kier alpha value is -2.76. The van der Waals surface area contributed by atoms with Crippen LogP contribution in [0.15, 0.2) is 42.5 Å². The minimum atomic E-state index is -0.887. The second kappa shape index (κ2) is 8.37. The molecule has 2 aromatic carbocycles. The summed E-state index contributed by atoms with van der Waals surface area (Å²) in [6, 6.07) is 9.59. The molecule has 1 N–H and O–H groups in total. The SMILES string of the molecule is COC(=O)[C@H](Cc1ccccc1C)NC(=O)Cc1ccc(F)cc1F. The first-order valence-electron chi connectivity index (χ1n) is 7.76. The third kappa shape index (κ3) is 5.11. The largest absolute Gasteiger partial charge is 0.467 e. The van der Waals surface area contributed by atoms with Gasteiger partial charge in [-0.15, -0.1) is 0 Å². The number of halogens is 2. The lowest BCUT2D eigenvalue weighted by atomic mass is 10.0. The Morgan fingerprint density at radius 1 is 1.12 bits per heavy atom. The fourth-order valence-corrected chi connectivity index (χ4v) is 2.48. The molecule has 0 saturated carbocycles. The minimum Gasteiger partial charge on any atom is -0.467 e. The Bertz CT molecular complexity index is 777. The van der Waals surface area contributed by atoms with E-state index < -0.39 is 29.6 Å². The molecule has 25 heavy (non-hydrogen) atoms. The van der Waals surface area contributed by atoms with E-state index in [0.29, 0.717) is 6.07 Å². The molecule has 0 heterocycles. The summed E-state index contributed by atoms with van der Waals surface area (Å²) in [5.74, 6) is -2.65. The number of carbonyl (C=O) groups is 2. The van der Waals surface area contributed by atoms with Crippen molar-refractivity contribution in [1.29, 1.82) is 0 Å². The molecule has 2 rings (SSSR count). The molecule has 0 fully saturated rings. The van der Waals surface area contributed by atoms with E-state index in [2.05, 4.69) is 5.32 Å². The highest BCUT2D eigenvalue weighted by atomic mass is 19.1. The first-order valence-corrected chi connectivity index (χ1v) is 7.76. The molecule has 0 aliphatic carbocycles. The maximum absolute atomic E-state index is 13.7. The fourth-order valence-electron chi connectivity index (χ4n) is 2.48. The summed E-state index contributed by atoms with van der Waals surface area (Å²) in [6.07, 6.45) is -0.0373. The van der Waals surface area contributed by atoms with Gasteiger partial charge in [-0.25, -0.2) is 13.6 Å². The van der Waals surface area contributed by atoms with Crippen molar-refractivity contribution in [2.45, 2.75) is 25.8 Å². The Labute approximate surface area is 144 Å². The Morgan fingerprint density at radius 3 is 2.48 bits per heavy atom. The van der Waals surface area contributed by atoms with Gasteiger partial charge in [0.15, 0.2) is 0 Å². The van der Waals surface area contributed by atoms with Crippen LogP contribution < -0.4 is 5.32 Å². The van der Waals surface area contributed by atoms with E-state index in [4.69, 9.17) is 4.74 Å². The summed E-state index contributed by atoms with van der Waals surface area (Å²) in [5.41, 5.74) is 1.93. The predicted molar refractivity (Wildman–Crippen MR) is 88.9 cm³/mol. The first kappa shape index (κ1) is 18.6. The van der Waals surface area contributed by atoms with Crippen molar-refractivity contribution in [1.82, 2.24) is 5.32 Å². The van der Waals surface area contributed by atoms with Crippen LogP contribution in [-0.2, 0) is 27.2 Å². The van der Waals surface area contributed by atoms with Gasteiger partial charge in [0, 0.05) is 12.5 Å². The topological polar surface area (TPSA) is 55.4 Å². The highest BCUT2D eigenvalue weighted by Gasteiger charge is 2.23. The van der Waals surface area contributed by atoms with Gasteiger partial charge < -0.3 is 10.1 Å². The number of rotatable bonds is 6. The highest BCUT2D eigenvalue weighted by Crippen LogP contribution is 2.12. The van der Waals surface area contributed by atoms with Crippen molar-refractivity contribution in [2.75, 3.05) is 7.11 Å². The highest BCUT2D eigenvalue weighted by molar-refractivity contribution is 5.85. The van der Waals surface area contributed by atoms with Crippen molar-refractivity contribution < 1.29 is 23.1 Å². The van der Waals surface area contributed by atoms with Crippen LogP contribution in [0.4, 0.5) is 8.78 Å². The zero-order valence-electron chi connectivity index (χ0n) is 14.0. The predicted octanol–water partition coefficient (Wildman–Crippen LogP) is 2.72. The van der Waals surface area contributed by atoms with E-state index in [0.717, 1.165) is 17.2 Å². The average molecular weight is 347 g/mol. The normalized spacial score (nSPS) is 11.7. The van der Waals surface area contributed by atoms with Crippen LogP contribution >= 0.6 is 0 Å². The van der Waals surface area contributed by atoms with Gasteiger partial charge in [0.25, 0.3) is 0 Å². The summed E-state index contributed by atoms with van der Waals surface area (Å²) < 4.78 is 31.3. The maximum atomic E-state index is 13.7. The molecule has 132 valence electrons. The molecule has 0 unspecified atom stereocenters. The first-order chi connectivity index (χ1) is 11.9. The summed E-state index contributed by atoms with van der Waals surface area (Å²) in [5, 5.41) is 2.56. The van der Waals surface area contributed by atoms with Crippen molar-refractivity contribution in [2.24, 2.45) is 0 Å². The van der Waals surface area contributed by atoms with Crippen molar-refractivity contribution in [3.8, 4) is 0 Å². The van der Waals surface area contributed by atoms with Crippen LogP contribution in [0.2, 0.25) is 0 Å². The third-order valence-electron chi connectivity index (χ3n) is 3.87. The van der Waals surface area contributed by atoms with Gasteiger partial charge in [0.05, 0.1) is 13.5 Å². The molecule has 0 radical (unpaired) electrons. The number of aryl methyl sites for hydroxylation is 1. The fraction of sp³-hybridized carbons (Fsp3) is 0.263. The van der Waals surface area contributed by atoms with Crippen LogP contribution in [0.3, 0.4) is 0 Å². The van der Waals surface area contributed by atoms with Gasteiger partial charge in [-0.3, -0.25) is 4.79 Å². The lowest BCUT2D eigenvalue weighted by Crippen LogP contribution is -2.43. The number of nitrogens with one attached hydrogen (secondary N) is 1. The molecule has 1 amide bonds. The number of methoxy groups -OCH3 is 1.